The maximum Gasteiger partial charge on any atom is 0.289 e. The molecule has 1 unspecified atom stereocenters. The normalized spacial score (nSPS) is 16.5. The average Bonchev–Trinajstić information content (AvgIpc) is 3.43. The summed E-state index contributed by atoms with van der Waals surface area (Å²) < 4.78 is 2.16. The molecule has 0 saturated carbocycles. The van der Waals surface area contributed by atoms with Gasteiger partial charge in [-0.25, -0.2) is 4.98 Å². The molecule has 31 heavy (non-hydrogen) atoms. The fourth-order valence-electron chi connectivity index (χ4n) is 4.04. The van der Waals surface area contributed by atoms with Crippen LogP contribution in [0.2, 0.25) is 0 Å². The van der Waals surface area contributed by atoms with E-state index < -0.39 is 0 Å². The highest BCUT2D eigenvalue weighted by atomic mass is 32.1. The van der Waals surface area contributed by atoms with Crippen molar-refractivity contribution in [2.24, 2.45) is 0 Å². The minimum Gasteiger partial charge on any atom is -0.355 e. The number of hydrogen-bond donors (Lipinski definition) is 0. The van der Waals surface area contributed by atoms with Crippen molar-refractivity contribution < 1.29 is 0 Å². The van der Waals surface area contributed by atoms with Crippen LogP contribution in [0.15, 0.2) is 59.7 Å². The lowest BCUT2D eigenvalue weighted by Gasteiger charge is -2.21. The third-order valence-electron chi connectivity index (χ3n) is 5.99. The summed E-state index contributed by atoms with van der Waals surface area (Å²) in [7, 11) is 4.24. The summed E-state index contributed by atoms with van der Waals surface area (Å²) in [5, 5.41) is 5.28. The third-order valence-corrected chi connectivity index (χ3v) is 7.18. The monoisotopic (exact) mass is 431 g/mol. The molecule has 5 rings (SSSR count). The lowest BCUT2D eigenvalue weighted by molar-refractivity contribution is 0.315. The van der Waals surface area contributed by atoms with Gasteiger partial charge >= 0.3 is 0 Å². The Kier molecular flexibility index (Phi) is 5.08. The molecule has 6 nitrogen and oxygen atoms in total. The summed E-state index contributed by atoms with van der Waals surface area (Å²) in [5.74, 6) is 0.944. The molecule has 0 amide bonds. The Bertz CT molecular complexity index is 1270. The molecule has 1 aliphatic heterocycles. The van der Waals surface area contributed by atoms with Crippen molar-refractivity contribution >= 4 is 27.2 Å². The highest BCUT2D eigenvalue weighted by molar-refractivity contribution is 7.22. The van der Waals surface area contributed by atoms with Crippen molar-refractivity contribution in [3.8, 4) is 16.1 Å². The van der Waals surface area contributed by atoms with Gasteiger partial charge in [0.15, 0.2) is 0 Å². The van der Waals surface area contributed by atoms with Crippen molar-refractivity contribution in [2.75, 3.05) is 32.1 Å². The van der Waals surface area contributed by atoms with Gasteiger partial charge in [-0.1, -0.05) is 29.8 Å². The summed E-state index contributed by atoms with van der Waals surface area (Å²) in [6, 6.07) is 14.9. The van der Waals surface area contributed by atoms with Gasteiger partial charge in [-0.2, -0.15) is 9.78 Å². The maximum absolute atomic E-state index is 13.2. The van der Waals surface area contributed by atoms with E-state index in [0.717, 1.165) is 41.2 Å². The van der Waals surface area contributed by atoms with Crippen LogP contribution in [-0.4, -0.2) is 52.9 Å². The van der Waals surface area contributed by atoms with Gasteiger partial charge in [-0.15, -0.1) is 11.3 Å². The van der Waals surface area contributed by atoms with Crippen LogP contribution in [0.4, 0.5) is 5.82 Å². The van der Waals surface area contributed by atoms with E-state index in [2.05, 4.69) is 65.2 Å². The predicted octanol–water partition coefficient (Wildman–Crippen LogP) is 3.96. The third kappa shape index (κ3) is 3.75. The van der Waals surface area contributed by atoms with Crippen LogP contribution in [-0.2, 0) is 0 Å². The summed E-state index contributed by atoms with van der Waals surface area (Å²) in [6.45, 7) is 4.04. The Balaban J connectivity index is 1.44. The van der Waals surface area contributed by atoms with Crippen LogP contribution < -0.4 is 10.5 Å². The molecular formula is C24H25N5OS. The summed E-state index contributed by atoms with van der Waals surface area (Å²) in [6.07, 6.45) is 4.64. The molecule has 0 bridgehead atoms. The van der Waals surface area contributed by atoms with Crippen LogP contribution in [0.25, 0.3) is 26.2 Å². The van der Waals surface area contributed by atoms with Crippen molar-refractivity contribution in [3.05, 3.63) is 70.8 Å². The van der Waals surface area contributed by atoms with Gasteiger partial charge in [0.2, 0.25) is 0 Å². The second kappa shape index (κ2) is 7.90. The van der Waals surface area contributed by atoms with Gasteiger partial charge in [0, 0.05) is 29.4 Å². The van der Waals surface area contributed by atoms with Gasteiger partial charge in [-0.3, -0.25) is 4.79 Å². The van der Waals surface area contributed by atoms with E-state index in [-0.39, 0.29) is 5.56 Å². The highest BCUT2D eigenvalue weighted by Gasteiger charge is 2.24. The number of nitrogens with zero attached hydrogens (tertiary/aromatic N) is 5. The molecule has 1 aliphatic rings. The standard InChI is InChI=1S/C24H25N5OS/c1-16-4-6-17(7-5-16)21-12-18-13-26-29(24(30)23(18)31-21)19-8-9-22(25-14-19)28-11-10-20(15-28)27(2)3/h4-9,12-14,20H,10-11,15H2,1-3H3. The molecule has 0 spiro atoms. The number of anilines is 1. The van der Waals surface area contributed by atoms with Gasteiger partial charge in [-0.05, 0) is 51.2 Å². The van der Waals surface area contributed by atoms with Gasteiger partial charge in [0.1, 0.15) is 10.5 Å². The topological polar surface area (TPSA) is 54.3 Å². The van der Waals surface area contributed by atoms with Crippen molar-refractivity contribution in [1.29, 1.82) is 0 Å². The lowest BCUT2D eigenvalue weighted by Crippen LogP contribution is -2.31. The first kappa shape index (κ1) is 19.9. The molecule has 1 aromatic carbocycles. The second-order valence-electron chi connectivity index (χ2n) is 8.35. The minimum absolute atomic E-state index is 0.107. The van der Waals surface area contributed by atoms with E-state index in [0.29, 0.717) is 16.4 Å². The van der Waals surface area contributed by atoms with Crippen molar-refractivity contribution in [2.45, 2.75) is 19.4 Å². The molecule has 0 radical (unpaired) electrons. The van der Waals surface area contributed by atoms with E-state index in [1.165, 1.54) is 21.6 Å². The van der Waals surface area contributed by atoms with Crippen LogP contribution in [0.3, 0.4) is 0 Å². The quantitative estimate of drug-likeness (QED) is 0.490. The molecule has 158 valence electrons. The van der Waals surface area contributed by atoms with Crippen molar-refractivity contribution in [3.63, 3.8) is 0 Å². The van der Waals surface area contributed by atoms with Crippen LogP contribution in [0.1, 0.15) is 12.0 Å². The van der Waals surface area contributed by atoms with E-state index in [1.807, 2.05) is 18.2 Å². The number of likely N-dealkylation sites (N-methyl/N-ethyl adjacent to an activating group) is 1. The molecular weight excluding hydrogens is 406 g/mol. The Morgan fingerprint density at radius 1 is 1.10 bits per heavy atom. The maximum atomic E-state index is 13.2. The second-order valence-corrected chi connectivity index (χ2v) is 9.40. The van der Waals surface area contributed by atoms with E-state index >= 15 is 0 Å². The fraction of sp³-hybridized carbons (Fsp3) is 0.292. The molecule has 3 aromatic heterocycles. The number of hydrogen-bond acceptors (Lipinski definition) is 6. The Hall–Kier alpha value is -3.03. The highest BCUT2D eigenvalue weighted by Crippen LogP contribution is 2.31. The van der Waals surface area contributed by atoms with Crippen molar-refractivity contribution in [1.82, 2.24) is 19.7 Å². The Morgan fingerprint density at radius 2 is 1.90 bits per heavy atom. The zero-order valence-corrected chi connectivity index (χ0v) is 18.8. The molecule has 1 fully saturated rings. The number of aromatic nitrogens is 3. The van der Waals surface area contributed by atoms with E-state index in [1.54, 1.807) is 12.4 Å². The number of thiophene rings is 1. The predicted molar refractivity (Wildman–Crippen MR) is 127 cm³/mol. The molecule has 0 N–H and O–H groups in total. The van der Waals surface area contributed by atoms with E-state index in [9.17, 15) is 4.79 Å². The fourth-order valence-corrected chi connectivity index (χ4v) is 5.11. The zero-order chi connectivity index (χ0) is 21.5. The first-order valence-electron chi connectivity index (χ1n) is 10.5. The molecule has 1 saturated heterocycles. The van der Waals surface area contributed by atoms with Gasteiger partial charge in [0.25, 0.3) is 5.56 Å². The molecule has 4 aromatic rings. The zero-order valence-electron chi connectivity index (χ0n) is 17.9. The van der Waals surface area contributed by atoms with Crippen LogP contribution >= 0.6 is 11.3 Å². The first-order valence-corrected chi connectivity index (χ1v) is 11.3. The van der Waals surface area contributed by atoms with Crippen LogP contribution in [0.5, 0.6) is 0 Å². The summed E-state index contributed by atoms with van der Waals surface area (Å²) in [4.78, 5) is 23.4. The summed E-state index contributed by atoms with van der Waals surface area (Å²) in [5.41, 5.74) is 2.91. The minimum atomic E-state index is -0.107. The number of rotatable bonds is 4. The van der Waals surface area contributed by atoms with E-state index in [4.69, 9.17) is 0 Å². The number of fused-ring (bicyclic) bond motifs is 1. The first-order chi connectivity index (χ1) is 15.0. The number of aryl methyl sites for hydroxylation is 1. The molecule has 0 aliphatic carbocycles. The van der Waals surface area contributed by atoms with Crippen LogP contribution in [0, 0.1) is 6.92 Å². The lowest BCUT2D eigenvalue weighted by atomic mass is 10.1. The Morgan fingerprint density at radius 3 is 2.58 bits per heavy atom. The molecule has 7 heteroatoms. The summed E-state index contributed by atoms with van der Waals surface area (Å²) >= 11 is 1.51. The van der Waals surface area contributed by atoms with Gasteiger partial charge in [0.05, 0.1) is 18.1 Å². The number of benzene rings is 1. The Labute approximate surface area is 185 Å². The molecule has 1 atom stereocenters. The number of pyridine rings is 1. The largest absolute Gasteiger partial charge is 0.355 e. The smallest absolute Gasteiger partial charge is 0.289 e. The SMILES string of the molecule is Cc1ccc(-c2cc3cnn(-c4ccc(N5CCC(N(C)C)C5)nc4)c(=O)c3s2)cc1. The molecule has 4 heterocycles. The average molecular weight is 432 g/mol. The van der Waals surface area contributed by atoms with Gasteiger partial charge < -0.3 is 9.80 Å².